The molecule has 0 saturated carbocycles. The van der Waals surface area contributed by atoms with E-state index in [9.17, 15) is 14.7 Å². The first-order valence-corrected chi connectivity index (χ1v) is 10.7. The van der Waals surface area contributed by atoms with Crippen LogP contribution in [0.4, 0.5) is 0 Å². The van der Waals surface area contributed by atoms with E-state index >= 15 is 0 Å². The van der Waals surface area contributed by atoms with Gasteiger partial charge in [-0.3, -0.25) is 9.59 Å². The summed E-state index contributed by atoms with van der Waals surface area (Å²) in [6.45, 7) is 7.90. The molecule has 29 heavy (non-hydrogen) atoms. The van der Waals surface area contributed by atoms with E-state index in [-0.39, 0.29) is 0 Å². The molecule has 0 heterocycles. The molecule has 2 N–H and O–H groups in total. The molecule has 5 nitrogen and oxygen atoms in total. The quantitative estimate of drug-likeness (QED) is 0.290. The third-order valence-electron chi connectivity index (χ3n) is 5.49. The van der Waals surface area contributed by atoms with Gasteiger partial charge in [-0.1, -0.05) is 25.3 Å². The van der Waals surface area contributed by atoms with Crippen LogP contribution in [0.25, 0.3) is 0 Å². The molecule has 5 heteroatoms. The number of ether oxygens (including phenoxy) is 1. The van der Waals surface area contributed by atoms with E-state index in [1.165, 1.54) is 0 Å². The monoisotopic (exact) mass is 406 g/mol. The Hall–Kier alpha value is -2.04. The second kappa shape index (κ2) is 11.8. The van der Waals surface area contributed by atoms with Crippen LogP contribution in [0.15, 0.2) is 18.2 Å². The highest BCUT2D eigenvalue weighted by molar-refractivity contribution is 5.73. The van der Waals surface area contributed by atoms with Gasteiger partial charge in [0.1, 0.15) is 11.4 Å². The van der Waals surface area contributed by atoms with Gasteiger partial charge in [0.15, 0.2) is 0 Å². The van der Waals surface area contributed by atoms with Gasteiger partial charge in [0, 0.05) is 0 Å². The van der Waals surface area contributed by atoms with Crippen molar-refractivity contribution in [2.45, 2.75) is 97.5 Å². The van der Waals surface area contributed by atoms with Crippen LogP contribution < -0.4 is 0 Å². The lowest BCUT2D eigenvalue weighted by molar-refractivity contribution is -0.147. The maximum absolute atomic E-state index is 11.1. The van der Waals surface area contributed by atoms with Crippen LogP contribution >= 0.6 is 0 Å². The molecule has 1 rings (SSSR count). The number of hydrogen-bond acceptors (Lipinski definition) is 4. The van der Waals surface area contributed by atoms with Gasteiger partial charge in [-0.15, -0.1) is 0 Å². The number of aryl methyl sites for hydroxylation is 2. The molecule has 0 bridgehead atoms. The summed E-state index contributed by atoms with van der Waals surface area (Å²) in [5, 5.41) is 19.2. The van der Waals surface area contributed by atoms with Gasteiger partial charge in [-0.05, 0) is 95.9 Å². The molecule has 0 fully saturated rings. The van der Waals surface area contributed by atoms with Crippen molar-refractivity contribution in [1.82, 2.24) is 0 Å². The lowest BCUT2D eigenvalue weighted by Gasteiger charge is -2.22. The third-order valence-corrected chi connectivity index (χ3v) is 5.49. The molecule has 0 aromatic heterocycles. The van der Waals surface area contributed by atoms with E-state index in [0.717, 1.165) is 68.9 Å². The highest BCUT2D eigenvalue weighted by Gasteiger charge is 2.25. The number of phenols is 1. The molecular weight excluding hydrogens is 368 g/mol. The van der Waals surface area contributed by atoms with Crippen molar-refractivity contribution in [3.63, 3.8) is 0 Å². The number of aliphatic carboxylic acids is 1. The summed E-state index contributed by atoms with van der Waals surface area (Å²) in [4.78, 5) is 21.6. The topological polar surface area (TPSA) is 83.8 Å². The Kier molecular flexibility index (Phi) is 10.2. The minimum atomic E-state index is -0.741. The number of hydrogen-bond donors (Lipinski definition) is 2. The van der Waals surface area contributed by atoms with Gasteiger partial charge in [-0.25, -0.2) is 0 Å². The molecule has 0 unspecified atom stereocenters. The average Bonchev–Trinajstić information content (AvgIpc) is 2.60. The highest BCUT2D eigenvalue weighted by atomic mass is 16.5. The highest BCUT2D eigenvalue weighted by Crippen LogP contribution is 2.25. The van der Waals surface area contributed by atoms with Crippen molar-refractivity contribution in [1.29, 1.82) is 0 Å². The van der Waals surface area contributed by atoms with Crippen molar-refractivity contribution in [3.05, 3.63) is 29.3 Å². The van der Waals surface area contributed by atoms with E-state index in [2.05, 4.69) is 6.07 Å². The summed E-state index contributed by atoms with van der Waals surface area (Å²) in [7, 11) is 0. The number of benzene rings is 1. The number of carboxylic acids is 1. The summed E-state index contributed by atoms with van der Waals surface area (Å²) in [5.74, 6) is -0.431. The maximum Gasteiger partial charge on any atom is 0.309 e. The van der Waals surface area contributed by atoms with Crippen LogP contribution in [-0.2, 0) is 27.2 Å². The van der Waals surface area contributed by atoms with Crippen LogP contribution in [0.2, 0.25) is 0 Å². The molecule has 164 valence electrons. The van der Waals surface area contributed by atoms with Crippen LogP contribution in [0.5, 0.6) is 5.75 Å². The first kappa shape index (κ1) is 25.0. The zero-order valence-electron chi connectivity index (χ0n) is 18.5. The minimum absolute atomic E-state index is 0.310. The van der Waals surface area contributed by atoms with Gasteiger partial charge in [-0.2, -0.15) is 0 Å². The Morgan fingerprint density at radius 2 is 1.41 bits per heavy atom. The fourth-order valence-electron chi connectivity index (χ4n) is 3.46. The van der Waals surface area contributed by atoms with E-state index in [1.807, 2.05) is 26.0 Å². The zero-order chi connectivity index (χ0) is 21.9. The normalized spacial score (nSPS) is 12.0. The van der Waals surface area contributed by atoms with Crippen LogP contribution in [-0.4, -0.2) is 28.3 Å². The summed E-state index contributed by atoms with van der Waals surface area (Å²) in [6, 6.07) is 5.82. The number of carboxylic acid groups (broad SMARTS) is 1. The molecule has 0 aliphatic carbocycles. The van der Waals surface area contributed by atoms with E-state index in [0.29, 0.717) is 18.6 Å². The number of rotatable bonds is 15. The molecule has 0 aliphatic rings. The van der Waals surface area contributed by atoms with Crippen LogP contribution in [0, 0.1) is 5.41 Å². The van der Waals surface area contributed by atoms with Crippen molar-refractivity contribution in [3.8, 4) is 5.75 Å². The number of carbonyl (C=O) groups excluding carboxylic acids is 1. The predicted molar refractivity (Wildman–Crippen MR) is 115 cm³/mol. The molecule has 0 saturated heterocycles. The standard InChI is InChI=1S/C24H38O5/c1-23(2,22(27)28)13-9-5-7-11-19-15-20(17-21(26)16-19)12-8-6-10-14-24(3,4)29-18-25/h15-18,26H,5-14H2,1-4H3,(H,27,28). The molecule has 0 spiro atoms. The first-order valence-electron chi connectivity index (χ1n) is 10.7. The first-order chi connectivity index (χ1) is 13.6. The fraction of sp³-hybridized carbons (Fsp3) is 0.667. The molecule has 1 aromatic carbocycles. The summed E-state index contributed by atoms with van der Waals surface area (Å²) >= 11 is 0. The molecular formula is C24H38O5. The van der Waals surface area contributed by atoms with Crippen molar-refractivity contribution in [2.75, 3.05) is 0 Å². The Morgan fingerprint density at radius 3 is 1.90 bits per heavy atom. The third kappa shape index (κ3) is 10.3. The molecule has 0 amide bonds. The Balaban J connectivity index is 2.35. The minimum Gasteiger partial charge on any atom is -0.508 e. The lowest BCUT2D eigenvalue weighted by Crippen LogP contribution is -2.23. The van der Waals surface area contributed by atoms with Crippen molar-refractivity contribution >= 4 is 12.4 Å². The van der Waals surface area contributed by atoms with Gasteiger partial charge in [0.05, 0.1) is 5.41 Å². The Morgan fingerprint density at radius 1 is 0.897 bits per heavy atom. The van der Waals surface area contributed by atoms with Crippen LogP contribution in [0.3, 0.4) is 0 Å². The van der Waals surface area contributed by atoms with E-state index < -0.39 is 17.0 Å². The second-order valence-corrected chi connectivity index (χ2v) is 9.29. The molecule has 0 atom stereocenters. The zero-order valence-corrected chi connectivity index (χ0v) is 18.5. The van der Waals surface area contributed by atoms with E-state index in [4.69, 9.17) is 9.84 Å². The SMILES string of the molecule is CC(C)(CCCCCc1cc(O)cc(CCCCCC(C)(C)C(=O)O)c1)OC=O. The fourth-order valence-corrected chi connectivity index (χ4v) is 3.46. The van der Waals surface area contributed by atoms with Crippen molar-refractivity contribution < 1.29 is 24.5 Å². The van der Waals surface area contributed by atoms with Gasteiger partial charge >= 0.3 is 5.97 Å². The molecule has 0 aliphatic heterocycles. The average molecular weight is 407 g/mol. The summed E-state index contributed by atoms with van der Waals surface area (Å²) in [5.41, 5.74) is 1.22. The van der Waals surface area contributed by atoms with Crippen LogP contribution in [0.1, 0.15) is 90.2 Å². The number of carbonyl (C=O) groups is 2. The molecule has 0 radical (unpaired) electrons. The largest absolute Gasteiger partial charge is 0.508 e. The van der Waals surface area contributed by atoms with Gasteiger partial charge in [0.25, 0.3) is 6.47 Å². The molecule has 1 aromatic rings. The van der Waals surface area contributed by atoms with Gasteiger partial charge < -0.3 is 14.9 Å². The van der Waals surface area contributed by atoms with Gasteiger partial charge in [0.2, 0.25) is 0 Å². The van der Waals surface area contributed by atoms with Crippen molar-refractivity contribution in [2.24, 2.45) is 5.41 Å². The summed E-state index contributed by atoms with van der Waals surface area (Å²) in [6.07, 6.45) is 9.30. The number of unbranched alkanes of at least 4 members (excludes halogenated alkanes) is 4. The van der Waals surface area contributed by atoms with E-state index in [1.54, 1.807) is 13.8 Å². The predicted octanol–water partition coefficient (Wildman–Crippen LogP) is 5.66. The lowest BCUT2D eigenvalue weighted by atomic mass is 9.87. The smallest absolute Gasteiger partial charge is 0.309 e. The Labute approximate surface area is 175 Å². The number of aromatic hydroxyl groups is 1. The Bertz CT molecular complexity index is 649. The maximum atomic E-state index is 11.1. The number of phenolic OH excluding ortho intramolecular Hbond substituents is 1. The second-order valence-electron chi connectivity index (χ2n) is 9.29. The summed E-state index contributed by atoms with van der Waals surface area (Å²) < 4.78 is 5.07.